The summed E-state index contributed by atoms with van der Waals surface area (Å²) >= 11 is 1.90. The Morgan fingerprint density at radius 2 is 1.29 bits per heavy atom. The number of fused-ring (bicyclic) bond motifs is 16. The second kappa shape index (κ2) is 12.5. The van der Waals surface area contributed by atoms with Gasteiger partial charge in [0.25, 0.3) is 0 Å². The van der Waals surface area contributed by atoms with E-state index >= 15 is 0 Å². The highest BCUT2D eigenvalue weighted by Gasteiger charge is 2.36. The van der Waals surface area contributed by atoms with Crippen molar-refractivity contribution in [3.05, 3.63) is 186 Å². The van der Waals surface area contributed by atoms with E-state index < -0.39 is 0 Å². The summed E-state index contributed by atoms with van der Waals surface area (Å²) in [7, 11) is 0. The number of para-hydroxylation sites is 1. The van der Waals surface area contributed by atoms with Gasteiger partial charge < -0.3 is 8.98 Å². The van der Waals surface area contributed by atoms with Crippen molar-refractivity contribution in [2.75, 3.05) is 0 Å². The van der Waals surface area contributed by atoms with Crippen LogP contribution in [0.1, 0.15) is 53.5 Å². The van der Waals surface area contributed by atoms with Gasteiger partial charge in [-0.05, 0) is 101 Å². The monoisotopic (exact) mass is 762 g/mol. The molecule has 0 radical (unpaired) electrons. The molecule has 3 nitrogen and oxygen atoms in total. The highest BCUT2D eigenvalue weighted by Crippen LogP contribution is 2.47. The second-order valence-corrected chi connectivity index (χ2v) is 17.6. The van der Waals surface area contributed by atoms with Crippen molar-refractivity contribution in [1.82, 2.24) is 4.57 Å². The van der Waals surface area contributed by atoms with Gasteiger partial charge in [-0.15, -0.1) is 11.3 Å². The average Bonchev–Trinajstić information content (AvgIpc) is 3.93. The molecule has 11 aromatic rings. The first-order valence-electron chi connectivity index (χ1n) is 20.7. The van der Waals surface area contributed by atoms with Crippen LogP contribution in [0.5, 0.6) is 0 Å². The maximum Gasteiger partial charge on any atom is 0.136 e. The van der Waals surface area contributed by atoms with Crippen LogP contribution in [0.2, 0.25) is 0 Å². The van der Waals surface area contributed by atoms with Crippen LogP contribution < -0.4 is 0 Å². The molecule has 3 atom stereocenters. The van der Waals surface area contributed by atoms with Crippen LogP contribution in [0.15, 0.2) is 173 Å². The van der Waals surface area contributed by atoms with E-state index in [1.165, 1.54) is 86.4 Å². The second-order valence-electron chi connectivity index (χ2n) is 16.5. The first kappa shape index (κ1) is 32.6. The Balaban J connectivity index is 1.16. The van der Waals surface area contributed by atoms with Gasteiger partial charge in [0.05, 0.1) is 22.8 Å². The van der Waals surface area contributed by atoms with Crippen molar-refractivity contribution >= 4 is 91.7 Å². The molecule has 0 fully saturated rings. The third kappa shape index (κ3) is 4.82. The van der Waals surface area contributed by atoms with Gasteiger partial charge in [0.2, 0.25) is 0 Å². The Hall–Kier alpha value is -6.49. The van der Waals surface area contributed by atoms with Crippen LogP contribution in [-0.2, 0) is 6.42 Å². The molecule has 0 aliphatic carbocycles. The summed E-state index contributed by atoms with van der Waals surface area (Å²) in [6, 6.07) is 61.2. The lowest BCUT2D eigenvalue weighted by atomic mass is 9.73. The number of hydrogen-bond donors (Lipinski definition) is 0. The molecular formula is C54H38N2OS. The number of rotatable bonds is 2. The summed E-state index contributed by atoms with van der Waals surface area (Å²) in [6.07, 6.45) is 4.08. The maximum absolute atomic E-state index is 6.74. The van der Waals surface area contributed by atoms with Gasteiger partial charge in [0.1, 0.15) is 11.2 Å². The van der Waals surface area contributed by atoms with Gasteiger partial charge in [-0.1, -0.05) is 122 Å². The molecule has 2 aliphatic rings. The number of aromatic nitrogens is 1. The number of furan rings is 1. The lowest BCUT2D eigenvalue weighted by Crippen LogP contribution is -2.29. The largest absolute Gasteiger partial charge is 0.456 e. The lowest BCUT2D eigenvalue weighted by molar-refractivity contribution is 0.442. The zero-order valence-corrected chi connectivity index (χ0v) is 32.7. The third-order valence-electron chi connectivity index (χ3n) is 13.3. The van der Waals surface area contributed by atoms with E-state index in [2.05, 4.69) is 168 Å². The van der Waals surface area contributed by atoms with Crippen molar-refractivity contribution in [3.63, 3.8) is 0 Å². The first-order valence-corrected chi connectivity index (χ1v) is 21.5. The molecule has 0 N–H and O–H groups in total. The van der Waals surface area contributed by atoms with Crippen molar-refractivity contribution in [1.29, 1.82) is 0 Å². The molecule has 0 spiro atoms. The van der Waals surface area contributed by atoms with Crippen molar-refractivity contribution in [3.8, 4) is 5.69 Å². The Morgan fingerprint density at radius 1 is 0.534 bits per heavy atom. The smallest absolute Gasteiger partial charge is 0.136 e. The minimum atomic E-state index is 0.0133. The highest BCUT2D eigenvalue weighted by atomic mass is 32.1. The van der Waals surface area contributed by atoms with Gasteiger partial charge >= 0.3 is 0 Å². The van der Waals surface area contributed by atoms with E-state index in [4.69, 9.17) is 9.41 Å². The van der Waals surface area contributed by atoms with Gasteiger partial charge in [0.15, 0.2) is 0 Å². The fourth-order valence-corrected chi connectivity index (χ4v) is 11.8. The van der Waals surface area contributed by atoms with Crippen molar-refractivity contribution in [2.24, 2.45) is 10.9 Å². The fraction of sp³-hybridized carbons (Fsp3) is 0.130. The standard InChI is InChI=1S/C54H38N2OS/c1-2-11-33(12-3-1)37-17-10-18-44(36-22-24-40-39-15-7-9-20-50(39)58-51(40)31-36)55-54-43(37)27-32-21-23-38-42-29-34-13-4-5-14-35(34)30-47(42)56(46(38)28-32)45-25-26-49-52(53(45)54)41-16-6-8-19-48(41)57-49/h1-9,11-16,19-26,28-31,37,43-44H,10,17-18,27H2/b55-54+. The summed E-state index contributed by atoms with van der Waals surface area (Å²) in [6.45, 7) is 0. The van der Waals surface area contributed by atoms with Crippen LogP contribution >= 0.6 is 11.3 Å². The molecule has 13 rings (SSSR count). The lowest BCUT2D eigenvalue weighted by Gasteiger charge is -2.34. The molecule has 5 heterocycles. The van der Waals surface area contributed by atoms with E-state index in [0.29, 0.717) is 5.92 Å². The summed E-state index contributed by atoms with van der Waals surface area (Å²) in [4.78, 5) is 6.17. The predicted octanol–water partition coefficient (Wildman–Crippen LogP) is 14.9. The molecule has 0 saturated heterocycles. The Labute approximate surface area is 339 Å². The van der Waals surface area contributed by atoms with Gasteiger partial charge in [-0.3, -0.25) is 4.99 Å². The van der Waals surface area contributed by atoms with Crippen LogP contribution in [0.3, 0.4) is 0 Å². The zero-order chi connectivity index (χ0) is 37.9. The van der Waals surface area contributed by atoms with Crippen molar-refractivity contribution < 1.29 is 4.42 Å². The highest BCUT2D eigenvalue weighted by molar-refractivity contribution is 7.25. The molecule has 8 aromatic carbocycles. The summed E-state index contributed by atoms with van der Waals surface area (Å²) in [5.41, 5.74) is 11.9. The van der Waals surface area contributed by atoms with E-state index in [0.717, 1.165) is 47.6 Å². The molecule has 2 aliphatic heterocycles. The molecule has 58 heavy (non-hydrogen) atoms. The molecule has 0 saturated carbocycles. The van der Waals surface area contributed by atoms with E-state index in [1.807, 2.05) is 11.3 Å². The topological polar surface area (TPSA) is 30.4 Å². The number of benzene rings is 8. The van der Waals surface area contributed by atoms with Crippen LogP contribution in [0.4, 0.5) is 0 Å². The quantitative estimate of drug-likeness (QED) is 0.172. The number of nitrogens with zero attached hydrogens (tertiary/aromatic N) is 2. The molecular weight excluding hydrogens is 725 g/mol. The van der Waals surface area contributed by atoms with Crippen LogP contribution in [0.25, 0.3) is 80.4 Å². The molecule has 276 valence electrons. The number of thiophene rings is 1. The van der Waals surface area contributed by atoms with Crippen molar-refractivity contribution in [2.45, 2.75) is 37.6 Å². The molecule has 0 amide bonds. The normalized spacial score (nSPS) is 19.2. The van der Waals surface area contributed by atoms with Crippen LogP contribution in [-0.4, -0.2) is 10.3 Å². The average molecular weight is 763 g/mol. The predicted molar refractivity (Wildman–Crippen MR) is 244 cm³/mol. The maximum atomic E-state index is 6.74. The molecule has 2 bridgehead atoms. The van der Waals surface area contributed by atoms with Crippen LogP contribution in [0, 0.1) is 5.92 Å². The Bertz CT molecular complexity index is 3490. The SMILES string of the molecule is c1ccc(C2CCCC(c3ccc4c(c3)sc3ccccc34)/N=C3/c4c(ccc5oc6ccccc6c45)-n4c5cc(ccc5c5cc6ccccc6cc54)CC32)cc1. The summed E-state index contributed by atoms with van der Waals surface area (Å²) in [5, 5.41) is 10.0. The van der Waals surface area contributed by atoms with E-state index in [9.17, 15) is 0 Å². The molecule has 4 heteroatoms. The summed E-state index contributed by atoms with van der Waals surface area (Å²) < 4.78 is 12.0. The van der Waals surface area contributed by atoms with Gasteiger partial charge in [-0.25, -0.2) is 0 Å². The van der Waals surface area contributed by atoms with E-state index in [1.54, 1.807) is 0 Å². The minimum Gasteiger partial charge on any atom is -0.456 e. The number of aliphatic imine (C=N–C) groups is 1. The van der Waals surface area contributed by atoms with E-state index in [-0.39, 0.29) is 12.0 Å². The van der Waals surface area contributed by atoms with Gasteiger partial charge in [0, 0.05) is 58.9 Å². The first-order chi connectivity index (χ1) is 28.7. The number of hydrogen-bond acceptors (Lipinski definition) is 3. The third-order valence-corrected chi connectivity index (χ3v) is 14.4. The summed E-state index contributed by atoms with van der Waals surface area (Å²) in [5.74, 6) is 0.423. The molecule has 3 aromatic heterocycles. The molecule has 3 unspecified atom stereocenters. The van der Waals surface area contributed by atoms with Gasteiger partial charge in [-0.2, -0.15) is 0 Å². The Morgan fingerprint density at radius 3 is 2.21 bits per heavy atom. The zero-order valence-electron chi connectivity index (χ0n) is 31.9. The Kier molecular flexibility index (Phi) is 7.02. The minimum absolute atomic E-state index is 0.0133. The fourth-order valence-electron chi connectivity index (χ4n) is 10.7.